The summed E-state index contributed by atoms with van der Waals surface area (Å²) < 4.78 is 0. The average molecular weight is 312 g/mol. The summed E-state index contributed by atoms with van der Waals surface area (Å²) >= 11 is 12.2. The van der Waals surface area contributed by atoms with Gasteiger partial charge in [-0.1, -0.05) is 29.3 Å². The van der Waals surface area contributed by atoms with Gasteiger partial charge in [0.25, 0.3) is 0 Å². The van der Waals surface area contributed by atoms with Gasteiger partial charge < -0.3 is 5.32 Å². The molecule has 0 aliphatic carbocycles. The number of benzene rings is 1. The van der Waals surface area contributed by atoms with Gasteiger partial charge in [-0.3, -0.25) is 0 Å². The lowest BCUT2D eigenvalue weighted by atomic mass is 9.86. The Labute approximate surface area is 127 Å². The van der Waals surface area contributed by atoms with E-state index >= 15 is 0 Å². The van der Waals surface area contributed by atoms with E-state index in [0.717, 1.165) is 31.5 Å². The first-order chi connectivity index (χ1) is 9.75. The molecule has 0 spiro atoms. The molecule has 20 heavy (non-hydrogen) atoms. The quantitative estimate of drug-likeness (QED) is 0.946. The Morgan fingerprint density at radius 1 is 1.20 bits per heavy atom. The van der Waals surface area contributed by atoms with Crippen LogP contribution in [0.25, 0.3) is 0 Å². The van der Waals surface area contributed by atoms with E-state index in [-0.39, 0.29) is 6.04 Å². The number of halogens is 2. The van der Waals surface area contributed by atoms with Gasteiger partial charge in [-0.2, -0.15) is 4.80 Å². The Morgan fingerprint density at radius 3 is 2.65 bits per heavy atom. The largest absolute Gasteiger partial charge is 0.317 e. The molecule has 2 aromatic rings. The maximum Gasteiger partial charge on any atom is 0.162 e. The van der Waals surface area contributed by atoms with Crippen molar-refractivity contribution in [3.05, 3.63) is 40.1 Å². The fourth-order valence-electron chi connectivity index (χ4n) is 2.75. The Kier molecular flexibility index (Phi) is 4.19. The molecule has 7 heteroatoms. The normalized spacial score (nSPS) is 18.1. The zero-order chi connectivity index (χ0) is 13.9. The number of hydrogen-bond donors (Lipinski definition) is 1. The second kappa shape index (κ2) is 6.08. The summed E-state index contributed by atoms with van der Waals surface area (Å²) in [6.45, 7) is 2.02. The molecule has 0 amide bonds. The standard InChI is InChI=1S/C13H15Cl2N5/c14-11-2-1-10(7-12(11)15)13(20-18-8-17-19-20)9-3-5-16-6-4-9/h1-2,7-9,13,16H,3-6H2/t13-/m1/s1. The van der Waals surface area contributed by atoms with Crippen LogP contribution in [0.4, 0.5) is 0 Å². The summed E-state index contributed by atoms with van der Waals surface area (Å²) in [4.78, 5) is 1.68. The van der Waals surface area contributed by atoms with Crippen LogP contribution in [0.5, 0.6) is 0 Å². The van der Waals surface area contributed by atoms with Crippen molar-refractivity contribution in [1.29, 1.82) is 0 Å². The third-order valence-corrected chi connectivity index (χ3v) is 4.47. The van der Waals surface area contributed by atoms with E-state index in [4.69, 9.17) is 23.2 Å². The SMILES string of the molecule is Clc1ccc([C@@H](C2CCNCC2)n2ncnn2)cc1Cl. The molecular weight excluding hydrogens is 297 g/mol. The van der Waals surface area contributed by atoms with Crippen molar-refractivity contribution in [2.45, 2.75) is 18.9 Å². The fraction of sp³-hybridized carbons (Fsp3) is 0.462. The molecule has 106 valence electrons. The van der Waals surface area contributed by atoms with Gasteiger partial charge in [0, 0.05) is 0 Å². The lowest BCUT2D eigenvalue weighted by Gasteiger charge is -2.30. The molecule has 1 aromatic carbocycles. The first-order valence-electron chi connectivity index (χ1n) is 6.64. The van der Waals surface area contributed by atoms with Gasteiger partial charge in [0.2, 0.25) is 0 Å². The molecular formula is C13H15Cl2N5. The van der Waals surface area contributed by atoms with Gasteiger partial charge in [-0.15, -0.1) is 10.2 Å². The molecule has 1 atom stereocenters. The predicted octanol–water partition coefficient (Wildman–Crippen LogP) is 2.57. The van der Waals surface area contributed by atoms with E-state index < -0.39 is 0 Å². The summed E-state index contributed by atoms with van der Waals surface area (Å²) in [6, 6.07) is 5.77. The molecule has 0 bridgehead atoms. The summed E-state index contributed by atoms with van der Waals surface area (Å²) in [5, 5.41) is 16.6. The van der Waals surface area contributed by atoms with Crippen molar-refractivity contribution in [3.8, 4) is 0 Å². The first-order valence-corrected chi connectivity index (χ1v) is 7.39. The molecule has 1 aliphatic heterocycles. The van der Waals surface area contributed by atoms with E-state index in [9.17, 15) is 0 Å². The number of nitrogens with one attached hydrogen (secondary N) is 1. The van der Waals surface area contributed by atoms with E-state index in [1.165, 1.54) is 6.33 Å². The minimum absolute atomic E-state index is 0.0503. The van der Waals surface area contributed by atoms with Crippen molar-refractivity contribution in [1.82, 2.24) is 25.5 Å². The van der Waals surface area contributed by atoms with E-state index in [1.54, 1.807) is 4.80 Å². The molecule has 1 aromatic heterocycles. The van der Waals surface area contributed by atoms with Crippen LogP contribution in [0.15, 0.2) is 24.5 Å². The van der Waals surface area contributed by atoms with Crippen LogP contribution < -0.4 is 5.32 Å². The van der Waals surface area contributed by atoms with Crippen LogP contribution in [-0.4, -0.2) is 33.3 Å². The molecule has 5 nitrogen and oxygen atoms in total. The third-order valence-electron chi connectivity index (χ3n) is 3.73. The summed E-state index contributed by atoms with van der Waals surface area (Å²) in [7, 11) is 0. The highest BCUT2D eigenvalue weighted by Gasteiger charge is 2.28. The van der Waals surface area contributed by atoms with Crippen molar-refractivity contribution >= 4 is 23.2 Å². The summed E-state index contributed by atoms with van der Waals surface area (Å²) in [6.07, 6.45) is 3.62. The van der Waals surface area contributed by atoms with Crippen LogP contribution in [0, 0.1) is 5.92 Å². The van der Waals surface area contributed by atoms with Crippen LogP contribution in [0.2, 0.25) is 10.0 Å². The Hall–Kier alpha value is -1.17. The molecule has 1 N–H and O–H groups in total. The van der Waals surface area contributed by atoms with Crippen LogP contribution in [-0.2, 0) is 0 Å². The van der Waals surface area contributed by atoms with Crippen LogP contribution >= 0.6 is 23.2 Å². The van der Waals surface area contributed by atoms with Crippen LogP contribution in [0.1, 0.15) is 24.4 Å². The lowest BCUT2D eigenvalue weighted by Crippen LogP contribution is -2.34. The minimum atomic E-state index is 0.0503. The van der Waals surface area contributed by atoms with Crippen molar-refractivity contribution in [3.63, 3.8) is 0 Å². The maximum atomic E-state index is 6.15. The molecule has 0 saturated carbocycles. The zero-order valence-corrected chi connectivity index (χ0v) is 12.3. The number of aromatic nitrogens is 4. The number of piperidine rings is 1. The molecule has 1 aliphatic rings. The monoisotopic (exact) mass is 311 g/mol. The maximum absolute atomic E-state index is 6.15. The third kappa shape index (κ3) is 2.80. The van der Waals surface area contributed by atoms with Crippen molar-refractivity contribution in [2.24, 2.45) is 5.92 Å². The van der Waals surface area contributed by atoms with Gasteiger partial charge in [-0.25, -0.2) is 0 Å². The van der Waals surface area contributed by atoms with Gasteiger partial charge >= 0.3 is 0 Å². The second-order valence-electron chi connectivity index (χ2n) is 4.96. The van der Waals surface area contributed by atoms with Crippen molar-refractivity contribution in [2.75, 3.05) is 13.1 Å². The molecule has 1 saturated heterocycles. The predicted molar refractivity (Wildman–Crippen MR) is 78.0 cm³/mol. The van der Waals surface area contributed by atoms with Crippen LogP contribution in [0.3, 0.4) is 0 Å². The van der Waals surface area contributed by atoms with Gasteiger partial charge in [0.1, 0.15) is 6.04 Å². The lowest BCUT2D eigenvalue weighted by molar-refractivity contribution is 0.257. The van der Waals surface area contributed by atoms with E-state index in [2.05, 4.69) is 20.7 Å². The molecule has 2 heterocycles. The number of nitrogens with zero attached hydrogens (tertiary/aromatic N) is 4. The fourth-order valence-corrected chi connectivity index (χ4v) is 3.06. The molecule has 1 fully saturated rings. The first kappa shape index (κ1) is 13.8. The summed E-state index contributed by atoms with van der Waals surface area (Å²) in [5.41, 5.74) is 1.07. The smallest absolute Gasteiger partial charge is 0.162 e. The molecule has 0 unspecified atom stereocenters. The zero-order valence-electron chi connectivity index (χ0n) is 10.8. The number of tetrazole rings is 1. The topological polar surface area (TPSA) is 55.6 Å². The van der Waals surface area contributed by atoms with Gasteiger partial charge in [0.05, 0.1) is 10.0 Å². The number of hydrogen-bond acceptors (Lipinski definition) is 4. The van der Waals surface area contributed by atoms with Gasteiger partial charge in [-0.05, 0) is 54.8 Å². The van der Waals surface area contributed by atoms with Gasteiger partial charge in [0.15, 0.2) is 6.33 Å². The Bertz CT molecular complexity index is 566. The second-order valence-corrected chi connectivity index (χ2v) is 5.78. The Balaban J connectivity index is 1.98. The molecule has 3 rings (SSSR count). The number of rotatable bonds is 3. The van der Waals surface area contributed by atoms with E-state index in [1.807, 2.05) is 18.2 Å². The highest BCUT2D eigenvalue weighted by molar-refractivity contribution is 6.42. The molecule has 0 radical (unpaired) electrons. The minimum Gasteiger partial charge on any atom is -0.317 e. The highest BCUT2D eigenvalue weighted by atomic mass is 35.5. The highest BCUT2D eigenvalue weighted by Crippen LogP contribution is 2.34. The van der Waals surface area contributed by atoms with E-state index in [0.29, 0.717) is 16.0 Å². The summed E-state index contributed by atoms with van der Waals surface area (Å²) in [5.74, 6) is 0.461. The van der Waals surface area contributed by atoms with Crippen molar-refractivity contribution < 1.29 is 0 Å². The Morgan fingerprint density at radius 2 is 2.00 bits per heavy atom. The average Bonchev–Trinajstić information content (AvgIpc) is 2.98.